The molecule has 1 N–H and O–H groups in total. The van der Waals surface area contributed by atoms with E-state index in [0.29, 0.717) is 28.0 Å². The quantitative estimate of drug-likeness (QED) is 0.221. The molecule has 0 aliphatic rings. The average molecular weight is 551 g/mol. The third kappa shape index (κ3) is 6.98. The molecule has 40 heavy (non-hydrogen) atoms. The number of benzene rings is 2. The molecule has 0 atom stereocenters. The normalized spacial score (nSPS) is 13.4. The minimum atomic E-state index is -0.474. The van der Waals surface area contributed by atoms with Crippen molar-refractivity contribution in [2.45, 2.75) is 138 Å². The van der Waals surface area contributed by atoms with E-state index in [1.54, 1.807) is 12.1 Å². The number of rotatable bonds is 6. The van der Waals surface area contributed by atoms with E-state index in [1.165, 1.54) is 0 Å². The fraction of sp³-hybridized carbons (Fsp3) is 0.611. The maximum Gasteiger partial charge on any atom is 0.343 e. The maximum atomic E-state index is 13.9. The zero-order valence-electron chi connectivity index (χ0n) is 27.9. The van der Waals surface area contributed by atoms with Crippen molar-refractivity contribution in [3.8, 4) is 11.5 Å². The van der Waals surface area contributed by atoms with E-state index in [2.05, 4.69) is 55.4 Å². The van der Waals surface area contributed by atoms with Gasteiger partial charge in [0.2, 0.25) is 0 Å². The number of esters is 1. The largest absolute Gasteiger partial charge is 0.507 e. The summed E-state index contributed by atoms with van der Waals surface area (Å²) in [7, 11) is 0. The fourth-order valence-corrected chi connectivity index (χ4v) is 4.95. The van der Waals surface area contributed by atoms with Gasteiger partial charge in [-0.05, 0) is 58.8 Å². The highest BCUT2D eigenvalue weighted by Crippen LogP contribution is 2.44. The summed E-state index contributed by atoms with van der Waals surface area (Å²) >= 11 is 0. The molecule has 0 saturated carbocycles. The van der Waals surface area contributed by atoms with Crippen LogP contribution < -0.4 is 4.74 Å². The van der Waals surface area contributed by atoms with Crippen LogP contribution in [0.15, 0.2) is 24.3 Å². The summed E-state index contributed by atoms with van der Waals surface area (Å²) in [6, 6.07) is 7.38. The summed E-state index contributed by atoms with van der Waals surface area (Å²) < 4.78 is 6.33. The lowest BCUT2D eigenvalue weighted by Crippen LogP contribution is -2.29. The second kappa shape index (κ2) is 11.0. The van der Waals surface area contributed by atoms with Crippen molar-refractivity contribution in [2.75, 3.05) is 0 Å². The van der Waals surface area contributed by atoms with Gasteiger partial charge in [-0.3, -0.25) is 4.79 Å². The molecule has 0 unspecified atom stereocenters. The molecule has 0 spiro atoms. The molecule has 0 heterocycles. The first kappa shape index (κ1) is 33.6. The Hall–Kier alpha value is -2.62. The van der Waals surface area contributed by atoms with Crippen molar-refractivity contribution in [2.24, 2.45) is 5.41 Å². The Bertz CT molecular complexity index is 1190. The maximum absolute atomic E-state index is 13.9. The van der Waals surface area contributed by atoms with Crippen molar-refractivity contribution < 1.29 is 19.4 Å². The minimum absolute atomic E-state index is 0.120. The number of phenols is 1. The Morgan fingerprint density at radius 1 is 0.600 bits per heavy atom. The first-order valence-electron chi connectivity index (χ1n) is 14.7. The molecule has 0 aliphatic heterocycles. The zero-order valence-corrected chi connectivity index (χ0v) is 27.9. The Kier molecular flexibility index (Phi) is 9.23. The molecule has 0 aliphatic carbocycles. The second-order valence-corrected chi connectivity index (χ2v) is 15.8. The monoisotopic (exact) mass is 550 g/mol. The van der Waals surface area contributed by atoms with Crippen LogP contribution in [-0.4, -0.2) is 16.9 Å². The minimum Gasteiger partial charge on any atom is -0.507 e. The van der Waals surface area contributed by atoms with Crippen LogP contribution in [0.3, 0.4) is 0 Å². The number of ether oxygens (including phenoxy) is 1. The number of phenolic OH excluding ortho intramolecular Hbond substituents is 1. The van der Waals surface area contributed by atoms with Gasteiger partial charge in [0, 0.05) is 33.2 Å². The third-order valence-corrected chi connectivity index (χ3v) is 8.23. The molecule has 2 aromatic carbocycles. The van der Waals surface area contributed by atoms with Crippen molar-refractivity contribution in [3.63, 3.8) is 0 Å². The molecule has 4 nitrogen and oxygen atoms in total. The number of ketones is 1. The molecule has 0 bridgehead atoms. The second-order valence-electron chi connectivity index (χ2n) is 15.8. The Morgan fingerprint density at radius 3 is 1.23 bits per heavy atom. The van der Waals surface area contributed by atoms with E-state index in [0.717, 1.165) is 24.0 Å². The van der Waals surface area contributed by atoms with Gasteiger partial charge in [0.05, 0.1) is 5.56 Å². The van der Waals surface area contributed by atoms with E-state index in [9.17, 15) is 14.7 Å². The molecule has 0 fully saturated rings. The van der Waals surface area contributed by atoms with Crippen LogP contribution in [0.4, 0.5) is 0 Å². The van der Waals surface area contributed by atoms with Gasteiger partial charge in [0.25, 0.3) is 0 Å². The van der Waals surface area contributed by atoms with Crippen molar-refractivity contribution in [1.29, 1.82) is 0 Å². The summed E-state index contributed by atoms with van der Waals surface area (Å²) in [5.41, 5.74) is 2.16. The first-order chi connectivity index (χ1) is 17.9. The molecule has 0 amide bonds. The van der Waals surface area contributed by atoms with E-state index >= 15 is 0 Å². The van der Waals surface area contributed by atoms with E-state index in [1.807, 2.05) is 60.6 Å². The Morgan fingerprint density at radius 2 is 0.925 bits per heavy atom. The van der Waals surface area contributed by atoms with Crippen LogP contribution in [0.2, 0.25) is 0 Å². The van der Waals surface area contributed by atoms with Crippen LogP contribution >= 0.6 is 0 Å². The van der Waals surface area contributed by atoms with Crippen molar-refractivity contribution >= 4 is 11.8 Å². The highest BCUT2D eigenvalue weighted by molar-refractivity contribution is 6.01. The predicted molar refractivity (Wildman–Crippen MR) is 167 cm³/mol. The molecule has 0 aromatic heterocycles. The number of carbonyl (C=O) groups is 2. The van der Waals surface area contributed by atoms with Crippen LogP contribution in [0.1, 0.15) is 160 Å². The lowest BCUT2D eigenvalue weighted by Gasteiger charge is -2.32. The molecule has 4 heteroatoms. The number of hydrogen-bond acceptors (Lipinski definition) is 4. The highest BCUT2D eigenvalue weighted by atomic mass is 16.5. The van der Waals surface area contributed by atoms with Crippen molar-refractivity contribution in [1.82, 2.24) is 0 Å². The molecule has 222 valence electrons. The van der Waals surface area contributed by atoms with Gasteiger partial charge in [0.15, 0.2) is 5.78 Å². The summed E-state index contributed by atoms with van der Waals surface area (Å²) in [6.07, 6.45) is 1.50. The van der Waals surface area contributed by atoms with Gasteiger partial charge < -0.3 is 9.84 Å². The molecule has 2 aromatic rings. The number of aromatic hydroxyl groups is 1. The van der Waals surface area contributed by atoms with Crippen molar-refractivity contribution in [3.05, 3.63) is 57.6 Å². The van der Waals surface area contributed by atoms with Gasteiger partial charge in [-0.2, -0.15) is 0 Å². The molecule has 0 radical (unpaired) electrons. The van der Waals surface area contributed by atoms with Gasteiger partial charge >= 0.3 is 5.97 Å². The average Bonchev–Trinajstić information content (AvgIpc) is 2.80. The van der Waals surface area contributed by atoms with Gasteiger partial charge in [-0.25, -0.2) is 4.79 Å². The fourth-order valence-electron chi connectivity index (χ4n) is 4.95. The topological polar surface area (TPSA) is 63.6 Å². The van der Waals surface area contributed by atoms with Crippen LogP contribution in [0, 0.1) is 5.41 Å². The highest BCUT2D eigenvalue weighted by Gasteiger charge is 2.36. The van der Waals surface area contributed by atoms with Crippen LogP contribution in [0.25, 0.3) is 0 Å². The Labute approximate surface area is 243 Å². The molecular formula is C36H54O4. The standard InChI is InChI=1S/C36H54O4/c1-16-36(15,17-2)30(38)22-18-26(34(9,10)11)29(27(19-22)35(12,13)14)40-31(39)23-20-24(32(3,4)5)28(37)25(21-23)33(6,7)8/h18-21,37H,16-17H2,1-15H3. The lowest BCUT2D eigenvalue weighted by atomic mass is 9.73. The van der Waals surface area contributed by atoms with Gasteiger partial charge in [-0.15, -0.1) is 0 Å². The van der Waals surface area contributed by atoms with E-state index in [-0.39, 0.29) is 33.2 Å². The number of carbonyl (C=O) groups excluding carboxylic acids is 2. The Balaban J connectivity index is 2.86. The van der Waals surface area contributed by atoms with E-state index < -0.39 is 11.4 Å². The smallest absolute Gasteiger partial charge is 0.343 e. The summed E-state index contributed by atoms with van der Waals surface area (Å²) in [5.74, 6) is 0.381. The predicted octanol–water partition coefficient (Wildman–Crippen LogP) is 9.81. The van der Waals surface area contributed by atoms with E-state index in [4.69, 9.17) is 4.74 Å². The molecular weight excluding hydrogens is 496 g/mol. The SMILES string of the molecule is CCC(C)(CC)C(=O)c1cc(C(C)(C)C)c(OC(=O)c2cc(C(C)(C)C)c(O)c(C(C)(C)C)c2)c(C(C)(C)C)c1. The zero-order chi connectivity index (χ0) is 31.2. The van der Waals surface area contributed by atoms with Gasteiger partial charge in [0.1, 0.15) is 11.5 Å². The van der Waals surface area contributed by atoms with Gasteiger partial charge in [-0.1, -0.05) is 104 Å². The molecule has 0 saturated heterocycles. The summed E-state index contributed by atoms with van der Waals surface area (Å²) in [5, 5.41) is 11.2. The molecule has 2 rings (SSSR count). The number of hydrogen-bond donors (Lipinski definition) is 1. The first-order valence-corrected chi connectivity index (χ1v) is 14.7. The third-order valence-electron chi connectivity index (χ3n) is 8.23. The van der Waals surface area contributed by atoms with Crippen LogP contribution in [0.5, 0.6) is 11.5 Å². The lowest BCUT2D eigenvalue weighted by molar-refractivity contribution is 0.0728. The van der Waals surface area contributed by atoms with Crippen LogP contribution in [-0.2, 0) is 21.7 Å². The summed E-state index contributed by atoms with van der Waals surface area (Å²) in [6.45, 7) is 30.8. The number of Topliss-reactive ketones (excluding diaryl/α,β-unsaturated/α-hetero) is 1. The summed E-state index contributed by atoms with van der Waals surface area (Å²) in [4.78, 5) is 27.7.